The molecule has 1 aromatic rings. The standard InChI is InChI=1S/C11H21N3O/c1-2-3-4-5-6-8-14-10-11(7-9-15)12-13-14/h10,15H,2-9H2,1H3. The van der Waals surface area contributed by atoms with Crippen LogP contribution in [0.25, 0.3) is 0 Å². The first-order valence-corrected chi connectivity index (χ1v) is 5.86. The summed E-state index contributed by atoms with van der Waals surface area (Å²) in [6.45, 7) is 3.32. The fourth-order valence-corrected chi connectivity index (χ4v) is 1.55. The Labute approximate surface area is 91.3 Å². The second kappa shape index (κ2) is 7.40. The summed E-state index contributed by atoms with van der Waals surface area (Å²) in [4.78, 5) is 0. The lowest BCUT2D eigenvalue weighted by molar-refractivity contribution is 0.298. The highest BCUT2D eigenvalue weighted by Crippen LogP contribution is 2.04. The van der Waals surface area contributed by atoms with Crippen LogP contribution >= 0.6 is 0 Å². The van der Waals surface area contributed by atoms with Crippen LogP contribution in [0.1, 0.15) is 44.7 Å². The van der Waals surface area contributed by atoms with Crippen molar-refractivity contribution in [3.63, 3.8) is 0 Å². The van der Waals surface area contributed by atoms with E-state index in [-0.39, 0.29) is 6.61 Å². The highest BCUT2D eigenvalue weighted by Gasteiger charge is 1.99. The van der Waals surface area contributed by atoms with Crippen LogP contribution in [-0.4, -0.2) is 26.7 Å². The molecular formula is C11H21N3O. The fraction of sp³-hybridized carbons (Fsp3) is 0.818. The molecule has 0 saturated carbocycles. The zero-order valence-electron chi connectivity index (χ0n) is 9.52. The third-order valence-corrected chi connectivity index (χ3v) is 2.44. The summed E-state index contributed by atoms with van der Waals surface area (Å²) in [7, 11) is 0. The molecule has 86 valence electrons. The summed E-state index contributed by atoms with van der Waals surface area (Å²) < 4.78 is 1.87. The topological polar surface area (TPSA) is 50.9 Å². The highest BCUT2D eigenvalue weighted by molar-refractivity contribution is 4.91. The van der Waals surface area contributed by atoms with E-state index in [1.165, 1.54) is 32.1 Å². The average Bonchev–Trinajstić information content (AvgIpc) is 2.66. The molecule has 0 atom stereocenters. The maximum Gasteiger partial charge on any atom is 0.0849 e. The van der Waals surface area contributed by atoms with Gasteiger partial charge in [0.15, 0.2) is 0 Å². The van der Waals surface area contributed by atoms with Gasteiger partial charge in [-0.15, -0.1) is 5.10 Å². The Bertz CT molecular complexity index is 260. The summed E-state index contributed by atoms with van der Waals surface area (Å²) in [5.41, 5.74) is 0.881. The zero-order chi connectivity index (χ0) is 10.9. The Balaban J connectivity index is 2.14. The predicted molar refractivity (Wildman–Crippen MR) is 59.6 cm³/mol. The molecule has 1 aromatic heterocycles. The van der Waals surface area contributed by atoms with Crippen molar-refractivity contribution in [1.29, 1.82) is 0 Å². The largest absolute Gasteiger partial charge is 0.396 e. The van der Waals surface area contributed by atoms with Gasteiger partial charge in [0.25, 0.3) is 0 Å². The van der Waals surface area contributed by atoms with Gasteiger partial charge in [0.05, 0.1) is 5.69 Å². The average molecular weight is 211 g/mol. The van der Waals surface area contributed by atoms with Crippen LogP contribution in [0, 0.1) is 0 Å². The van der Waals surface area contributed by atoms with Crippen LogP contribution in [0.4, 0.5) is 0 Å². The number of aliphatic hydroxyl groups is 1. The van der Waals surface area contributed by atoms with E-state index in [1.807, 2.05) is 10.9 Å². The fourth-order valence-electron chi connectivity index (χ4n) is 1.55. The van der Waals surface area contributed by atoms with Crippen LogP contribution in [0.5, 0.6) is 0 Å². The SMILES string of the molecule is CCCCCCCn1cc(CCO)nn1. The van der Waals surface area contributed by atoms with E-state index in [9.17, 15) is 0 Å². The first kappa shape index (κ1) is 12.2. The Morgan fingerprint density at radius 1 is 1.27 bits per heavy atom. The van der Waals surface area contributed by atoms with Gasteiger partial charge in [-0.3, -0.25) is 4.68 Å². The minimum absolute atomic E-state index is 0.148. The Morgan fingerprint density at radius 2 is 2.07 bits per heavy atom. The molecule has 0 fully saturated rings. The van der Waals surface area contributed by atoms with Crippen molar-refractivity contribution in [2.24, 2.45) is 0 Å². The maximum absolute atomic E-state index is 8.73. The van der Waals surface area contributed by atoms with E-state index in [0.717, 1.165) is 12.2 Å². The molecule has 0 aliphatic rings. The van der Waals surface area contributed by atoms with Gasteiger partial charge >= 0.3 is 0 Å². The van der Waals surface area contributed by atoms with Crippen molar-refractivity contribution in [1.82, 2.24) is 15.0 Å². The van der Waals surface area contributed by atoms with Gasteiger partial charge in [-0.2, -0.15) is 0 Å². The quantitative estimate of drug-likeness (QED) is 0.667. The van der Waals surface area contributed by atoms with E-state index >= 15 is 0 Å². The van der Waals surface area contributed by atoms with E-state index in [4.69, 9.17) is 5.11 Å². The first-order valence-electron chi connectivity index (χ1n) is 5.86. The molecule has 1 N–H and O–H groups in total. The Morgan fingerprint density at radius 3 is 2.80 bits per heavy atom. The van der Waals surface area contributed by atoms with Crippen LogP contribution in [-0.2, 0) is 13.0 Å². The summed E-state index contributed by atoms with van der Waals surface area (Å²) in [5.74, 6) is 0. The van der Waals surface area contributed by atoms with Gasteiger partial charge in [0.2, 0.25) is 0 Å². The summed E-state index contributed by atoms with van der Waals surface area (Å²) >= 11 is 0. The Kier molecular flexibility index (Phi) is 6.00. The smallest absolute Gasteiger partial charge is 0.0849 e. The van der Waals surface area contributed by atoms with Crippen molar-refractivity contribution in [3.8, 4) is 0 Å². The van der Waals surface area contributed by atoms with Gasteiger partial charge in [-0.1, -0.05) is 37.8 Å². The molecule has 0 bridgehead atoms. The van der Waals surface area contributed by atoms with E-state index in [2.05, 4.69) is 17.2 Å². The zero-order valence-corrected chi connectivity index (χ0v) is 9.52. The molecular weight excluding hydrogens is 190 g/mol. The predicted octanol–water partition coefficient (Wildman–Crippen LogP) is 1.78. The van der Waals surface area contributed by atoms with Crippen molar-refractivity contribution < 1.29 is 5.11 Å². The number of aryl methyl sites for hydroxylation is 1. The van der Waals surface area contributed by atoms with Gasteiger partial charge in [0.1, 0.15) is 0 Å². The number of hydrogen-bond acceptors (Lipinski definition) is 3. The minimum atomic E-state index is 0.148. The molecule has 0 amide bonds. The second-order valence-electron chi connectivity index (χ2n) is 3.86. The van der Waals surface area contributed by atoms with E-state index < -0.39 is 0 Å². The van der Waals surface area contributed by atoms with E-state index in [1.54, 1.807) is 0 Å². The molecule has 1 rings (SSSR count). The van der Waals surface area contributed by atoms with E-state index in [0.29, 0.717) is 6.42 Å². The lowest BCUT2D eigenvalue weighted by atomic mass is 10.1. The molecule has 0 spiro atoms. The van der Waals surface area contributed by atoms with Gasteiger partial charge < -0.3 is 5.11 Å². The molecule has 0 aliphatic carbocycles. The van der Waals surface area contributed by atoms with Crippen molar-refractivity contribution in [3.05, 3.63) is 11.9 Å². The van der Waals surface area contributed by atoms with Gasteiger partial charge in [-0.05, 0) is 6.42 Å². The lowest BCUT2D eigenvalue weighted by Gasteiger charge is -1.99. The Hall–Kier alpha value is -0.900. The molecule has 4 heteroatoms. The van der Waals surface area contributed by atoms with Gasteiger partial charge in [0, 0.05) is 25.8 Å². The van der Waals surface area contributed by atoms with Crippen molar-refractivity contribution in [2.75, 3.05) is 6.61 Å². The van der Waals surface area contributed by atoms with Gasteiger partial charge in [-0.25, -0.2) is 0 Å². The van der Waals surface area contributed by atoms with Crippen LogP contribution in [0.15, 0.2) is 6.20 Å². The number of hydrogen-bond donors (Lipinski definition) is 1. The second-order valence-corrected chi connectivity index (χ2v) is 3.86. The minimum Gasteiger partial charge on any atom is -0.396 e. The van der Waals surface area contributed by atoms with Crippen LogP contribution < -0.4 is 0 Å². The number of rotatable bonds is 8. The van der Waals surface area contributed by atoms with Crippen LogP contribution in [0.2, 0.25) is 0 Å². The molecule has 0 unspecified atom stereocenters. The molecule has 15 heavy (non-hydrogen) atoms. The summed E-state index contributed by atoms with van der Waals surface area (Å²) in [6.07, 6.45) is 8.89. The number of aliphatic hydroxyl groups excluding tert-OH is 1. The third kappa shape index (κ3) is 4.93. The highest BCUT2D eigenvalue weighted by atomic mass is 16.3. The normalized spacial score (nSPS) is 10.8. The maximum atomic E-state index is 8.73. The summed E-state index contributed by atoms with van der Waals surface area (Å²) in [5, 5.41) is 16.7. The monoisotopic (exact) mass is 211 g/mol. The van der Waals surface area contributed by atoms with Crippen LogP contribution in [0.3, 0.4) is 0 Å². The number of nitrogens with zero attached hydrogens (tertiary/aromatic N) is 3. The summed E-state index contributed by atoms with van der Waals surface area (Å²) in [6, 6.07) is 0. The molecule has 0 radical (unpaired) electrons. The number of unbranched alkanes of at least 4 members (excludes halogenated alkanes) is 4. The molecule has 0 saturated heterocycles. The molecule has 0 aromatic carbocycles. The molecule has 1 heterocycles. The number of aromatic nitrogens is 3. The third-order valence-electron chi connectivity index (χ3n) is 2.44. The first-order chi connectivity index (χ1) is 7.36. The van der Waals surface area contributed by atoms with Crippen molar-refractivity contribution in [2.45, 2.75) is 52.0 Å². The van der Waals surface area contributed by atoms with Crippen molar-refractivity contribution >= 4 is 0 Å². The lowest BCUT2D eigenvalue weighted by Crippen LogP contribution is -1.98. The molecule has 4 nitrogen and oxygen atoms in total. The molecule has 0 aliphatic heterocycles.